The zero-order chi connectivity index (χ0) is 18.8. The summed E-state index contributed by atoms with van der Waals surface area (Å²) in [5, 5.41) is 1.28. The summed E-state index contributed by atoms with van der Waals surface area (Å²) < 4.78 is 5.72. The first-order valence-corrected chi connectivity index (χ1v) is 11.3. The predicted octanol–water partition coefficient (Wildman–Crippen LogP) is 4.16. The summed E-state index contributed by atoms with van der Waals surface area (Å²) >= 11 is 1.82. The summed E-state index contributed by atoms with van der Waals surface area (Å²) in [7, 11) is 0. The molecule has 0 spiro atoms. The molecule has 0 saturated carbocycles. The van der Waals surface area contributed by atoms with Crippen LogP contribution in [0.4, 0.5) is 5.82 Å². The molecule has 0 amide bonds. The molecule has 0 aliphatic carbocycles. The van der Waals surface area contributed by atoms with Crippen LogP contribution in [0.15, 0.2) is 0 Å². The maximum absolute atomic E-state index is 5.72. The van der Waals surface area contributed by atoms with E-state index in [0.29, 0.717) is 5.92 Å². The van der Waals surface area contributed by atoms with Crippen molar-refractivity contribution in [2.75, 3.05) is 44.3 Å². The number of ether oxygens (including phenoxy) is 1. The molecule has 2 aliphatic rings. The molecule has 5 nitrogen and oxygen atoms in total. The molecular weight excluding hydrogens is 356 g/mol. The number of fused-ring (bicyclic) bond motifs is 1. The van der Waals surface area contributed by atoms with Crippen LogP contribution in [0.2, 0.25) is 0 Å². The number of hydrogen-bond donors (Lipinski definition) is 0. The molecular formula is C21H32N4OS. The van der Waals surface area contributed by atoms with Gasteiger partial charge in [0.05, 0.1) is 18.5 Å². The van der Waals surface area contributed by atoms with E-state index in [1.807, 2.05) is 11.3 Å². The number of rotatable bonds is 6. The van der Waals surface area contributed by atoms with E-state index in [1.165, 1.54) is 54.6 Å². The molecule has 148 valence electrons. The quantitative estimate of drug-likeness (QED) is 0.743. The predicted molar refractivity (Wildman–Crippen MR) is 113 cm³/mol. The zero-order valence-electron chi connectivity index (χ0n) is 17.0. The van der Waals surface area contributed by atoms with Gasteiger partial charge in [-0.2, -0.15) is 0 Å². The van der Waals surface area contributed by atoms with E-state index in [-0.39, 0.29) is 0 Å². The van der Waals surface area contributed by atoms with Crippen LogP contribution in [0.1, 0.15) is 48.9 Å². The summed E-state index contributed by atoms with van der Waals surface area (Å²) in [4.78, 5) is 17.6. The average Bonchev–Trinajstić information content (AvgIpc) is 3.28. The molecule has 27 heavy (non-hydrogen) atoms. The minimum Gasteiger partial charge on any atom is -0.381 e. The number of hydrogen-bond acceptors (Lipinski definition) is 6. The second kappa shape index (κ2) is 8.41. The summed E-state index contributed by atoms with van der Waals surface area (Å²) in [6, 6.07) is 0. The van der Waals surface area contributed by atoms with Crippen LogP contribution in [-0.4, -0.2) is 54.3 Å². The molecule has 0 bridgehead atoms. The Bertz CT molecular complexity index is 784. The van der Waals surface area contributed by atoms with E-state index < -0.39 is 0 Å². The van der Waals surface area contributed by atoms with E-state index in [0.717, 1.165) is 49.3 Å². The van der Waals surface area contributed by atoms with Gasteiger partial charge in [-0.1, -0.05) is 0 Å². The van der Waals surface area contributed by atoms with Crippen molar-refractivity contribution in [3.8, 4) is 0 Å². The Morgan fingerprint density at radius 3 is 2.70 bits per heavy atom. The molecule has 0 N–H and O–H groups in total. The Labute approximate surface area is 166 Å². The van der Waals surface area contributed by atoms with Gasteiger partial charge in [0.1, 0.15) is 16.5 Å². The van der Waals surface area contributed by atoms with Gasteiger partial charge < -0.3 is 9.64 Å². The molecule has 1 unspecified atom stereocenters. The summed E-state index contributed by atoms with van der Waals surface area (Å²) in [6.45, 7) is 13.6. The zero-order valence-corrected chi connectivity index (χ0v) is 17.8. The summed E-state index contributed by atoms with van der Waals surface area (Å²) in [6.07, 6.45) is 5.08. The minimum absolute atomic E-state index is 0.603. The SMILES string of the molecule is CCOCC1CCCN(c2nc(CN3CCCC3)nc3sc(C)c(C)c23)C1. The van der Waals surface area contributed by atoms with Gasteiger partial charge in [0.25, 0.3) is 0 Å². The number of likely N-dealkylation sites (tertiary alicyclic amines) is 1. The first-order valence-electron chi connectivity index (χ1n) is 10.5. The largest absolute Gasteiger partial charge is 0.381 e. The van der Waals surface area contributed by atoms with Crippen LogP contribution in [0.3, 0.4) is 0 Å². The summed E-state index contributed by atoms with van der Waals surface area (Å²) in [5.41, 5.74) is 1.35. The van der Waals surface area contributed by atoms with Crippen LogP contribution >= 0.6 is 11.3 Å². The van der Waals surface area contributed by atoms with Crippen LogP contribution in [0, 0.1) is 19.8 Å². The maximum atomic E-state index is 5.72. The number of nitrogens with zero attached hydrogens (tertiary/aromatic N) is 4. The van der Waals surface area contributed by atoms with Crippen molar-refractivity contribution >= 4 is 27.4 Å². The average molecular weight is 389 g/mol. The van der Waals surface area contributed by atoms with Crippen LogP contribution < -0.4 is 4.90 Å². The van der Waals surface area contributed by atoms with Crippen molar-refractivity contribution in [3.63, 3.8) is 0 Å². The molecule has 4 rings (SSSR count). The van der Waals surface area contributed by atoms with Gasteiger partial charge in [0.2, 0.25) is 0 Å². The number of aryl methyl sites for hydroxylation is 2. The first-order chi connectivity index (χ1) is 13.2. The van der Waals surface area contributed by atoms with E-state index in [4.69, 9.17) is 14.7 Å². The molecule has 0 aromatic carbocycles. The first kappa shape index (κ1) is 19.1. The highest BCUT2D eigenvalue weighted by molar-refractivity contribution is 7.18. The molecule has 2 saturated heterocycles. The molecule has 6 heteroatoms. The Hall–Kier alpha value is -1.24. The topological polar surface area (TPSA) is 41.5 Å². The van der Waals surface area contributed by atoms with Crippen molar-refractivity contribution in [2.24, 2.45) is 5.92 Å². The van der Waals surface area contributed by atoms with Crippen molar-refractivity contribution < 1.29 is 4.74 Å². The molecule has 2 aromatic heterocycles. The van der Waals surface area contributed by atoms with Crippen LogP contribution in [0.25, 0.3) is 10.2 Å². The van der Waals surface area contributed by atoms with Crippen molar-refractivity contribution in [1.82, 2.24) is 14.9 Å². The monoisotopic (exact) mass is 388 g/mol. The van der Waals surface area contributed by atoms with Gasteiger partial charge in [-0.3, -0.25) is 4.90 Å². The van der Waals surface area contributed by atoms with Crippen LogP contribution in [-0.2, 0) is 11.3 Å². The highest BCUT2D eigenvalue weighted by Crippen LogP contribution is 2.36. The van der Waals surface area contributed by atoms with Gasteiger partial charge in [0, 0.05) is 24.6 Å². The van der Waals surface area contributed by atoms with Crippen molar-refractivity contribution in [3.05, 3.63) is 16.3 Å². The maximum Gasteiger partial charge on any atom is 0.146 e. The third-order valence-electron chi connectivity index (χ3n) is 6.00. The smallest absolute Gasteiger partial charge is 0.146 e. The fourth-order valence-electron chi connectivity index (χ4n) is 4.39. The lowest BCUT2D eigenvalue weighted by molar-refractivity contribution is 0.104. The van der Waals surface area contributed by atoms with Crippen LogP contribution in [0.5, 0.6) is 0 Å². The number of anilines is 1. The van der Waals surface area contributed by atoms with Gasteiger partial charge in [-0.25, -0.2) is 9.97 Å². The number of thiophene rings is 1. The van der Waals surface area contributed by atoms with E-state index in [2.05, 4.69) is 30.6 Å². The van der Waals surface area contributed by atoms with Crippen molar-refractivity contribution in [2.45, 2.75) is 53.0 Å². The van der Waals surface area contributed by atoms with Gasteiger partial charge >= 0.3 is 0 Å². The van der Waals surface area contributed by atoms with E-state index in [9.17, 15) is 0 Å². The second-order valence-corrected chi connectivity index (χ2v) is 9.23. The fraction of sp³-hybridized carbons (Fsp3) is 0.714. The Kier molecular flexibility index (Phi) is 5.95. The van der Waals surface area contributed by atoms with Gasteiger partial charge in [-0.05, 0) is 71.0 Å². The van der Waals surface area contributed by atoms with E-state index >= 15 is 0 Å². The number of piperidine rings is 1. The van der Waals surface area contributed by atoms with E-state index in [1.54, 1.807) is 0 Å². The Morgan fingerprint density at radius 2 is 1.93 bits per heavy atom. The molecule has 2 fully saturated rings. The fourth-order valence-corrected chi connectivity index (χ4v) is 5.43. The van der Waals surface area contributed by atoms with Crippen molar-refractivity contribution in [1.29, 1.82) is 0 Å². The summed E-state index contributed by atoms with van der Waals surface area (Å²) in [5.74, 6) is 2.76. The molecule has 2 aromatic rings. The lowest BCUT2D eigenvalue weighted by Gasteiger charge is -2.34. The second-order valence-electron chi connectivity index (χ2n) is 8.02. The Balaban J connectivity index is 1.66. The van der Waals surface area contributed by atoms with Gasteiger partial charge in [0.15, 0.2) is 0 Å². The highest BCUT2D eigenvalue weighted by Gasteiger charge is 2.25. The molecule has 2 aliphatic heterocycles. The third kappa shape index (κ3) is 4.13. The third-order valence-corrected chi connectivity index (χ3v) is 7.10. The Morgan fingerprint density at radius 1 is 1.11 bits per heavy atom. The molecule has 4 heterocycles. The number of aromatic nitrogens is 2. The lowest BCUT2D eigenvalue weighted by Crippen LogP contribution is -2.38. The van der Waals surface area contributed by atoms with Gasteiger partial charge in [-0.15, -0.1) is 11.3 Å². The molecule has 0 radical (unpaired) electrons. The molecule has 1 atom stereocenters. The lowest BCUT2D eigenvalue weighted by atomic mass is 9.98. The minimum atomic E-state index is 0.603. The standard InChI is InChI=1S/C21H32N4OS/c1-4-26-14-17-8-7-11-25(12-17)20-19-15(2)16(3)27-21(19)23-18(22-20)13-24-9-5-6-10-24/h17H,4-14H2,1-3H3. The normalized spacial score (nSPS) is 21.4. The highest BCUT2D eigenvalue weighted by atomic mass is 32.1.